The Morgan fingerprint density at radius 3 is 2.06 bits per heavy atom. The first-order chi connectivity index (χ1) is 29.7. The number of aliphatic hydroxyl groups excluding tert-OH is 1. The zero-order chi connectivity index (χ0) is 47.2. The molecule has 0 spiro atoms. The van der Waals surface area contributed by atoms with E-state index >= 15 is 0 Å². The second-order valence-electron chi connectivity index (χ2n) is 12.8. The van der Waals surface area contributed by atoms with E-state index in [1.807, 2.05) is 0 Å². The highest BCUT2D eigenvalue weighted by molar-refractivity contribution is 7.94. The van der Waals surface area contributed by atoms with Gasteiger partial charge < -0.3 is 10.2 Å². The minimum atomic E-state index is -5.48. The molecule has 0 aliphatic rings. The Hall–Kier alpha value is -6.64. The molecule has 0 fully saturated rings. The number of hydrogen-bond donors (Lipinski definition) is 8. The second-order valence-corrected chi connectivity index (χ2v) is 20.4. The van der Waals surface area contributed by atoms with Gasteiger partial charge in [-0.15, -0.1) is 10.2 Å². The van der Waals surface area contributed by atoms with Crippen LogP contribution in [0.25, 0.3) is 21.5 Å². The molecule has 6 rings (SSSR count). The molecule has 1 aromatic heterocycles. The van der Waals surface area contributed by atoms with E-state index in [2.05, 4.69) is 46.7 Å². The van der Waals surface area contributed by atoms with Crippen molar-refractivity contribution in [2.45, 2.75) is 19.6 Å². The minimum Gasteiger partial charge on any atom is -0.505 e. The first-order valence-electron chi connectivity index (χ1n) is 17.0. The highest BCUT2D eigenvalue weighted by Gasteiger charge is 2.27. The van der Waals surface area contributed by atoms with E-state index in [1.54, 1.807) is 0 Å². The Labute approximate surface area is 359 Å². The third kappa shape index (κ3) is 10.4. The van der Waals surface area contributed by atoms with Crippen LogP contribution in [-0.4, -0.2) is 104 Å². The van der Waals surface area contributed by atoms with Gasteiger partial charge in [-0.05, 0) is 53.9 Å². The molecule has 0 aliphatic carbocycles. The number of benzene rings is 5. The number of hydrogen-bond acceptors (Lipinski definition) is 17. The van der Waals surface area contributed by atoms with Crippen molar-refractivity contribution in [2.75, 3.05) is 12.3 Å². The number of fused-ring (bicyclic) bond motifs is 2. The van der Waals surface area contributed by atoms with Gasteiger partial charge in [-0.3, -0.25) is 33.2 Å². The van der Waals surface area contributed by atoms with E-state index in [4.69, 9.17) is 0 Å². The summed E-state index contributed by atoms with van der Waals surface area (Å²) in [5.41, 5.74) is -3.82. The van der Waals surface area contributed by atoms with Crippen LogP contribution in [0.1, 0.15) is 5.56 Å². The van der Waals surface area contributed by atoms with Gasteiger partial charge in [0.2, 0.25) is 17.1 Å². The number of rotatable bonds is 13. The Kier molecular flexibility index (Phi) is 12.6. The molecular formula is C34H27FN8O16S5. The fraction of sp³-hybridized carbons (Fsp3) is 0.0588. The lowest BCUT2D eigenvalue weighted by Gasteiger charge is -2.12. The van der Waals surface area contributed by atoms with Crippen LogP contribution < -0.4 is 11.2 Å². The Bertz CT molecular complexity index is 3760. The van der Waals surface area contributed by atoms with Gasteiger partial charge in [-0.2, -0.15) is 43.0 Å². The van der Waals surface area contributed by atoms with Crippen molar-refractivity contribution in [2.24, 2.45) is 25.2 Å². The predicted octanol–water partition coefficient (Wildman–Crippen LogP) is 3.62. The largest absolute Gasteiger partial charge is 0.505 e. The molecule has 0 unspecified atom stereocenters. The van der Waals surface area contributed by atoms with Gasteiger partial charge in [0.1, 0.15) is 26.1 Å². The standard InChI is InChI=1S/C34H27FN8O16S5/c1-2-60(46,47)12-11-36-31(45)17-5-3-6-19(13-17)37-33-39-32(35)40-34(41-33)38-24-16-20(61(48,49)50)14-18-15-26(63(54,55)56)28(29(44)27(18)24)43-42-23-10-9-21-22(30(23)64(57,58)59)7-4-8-25(21)62(51,52)53/h2-10,13-16,44H,1,11-12H2,(H,36,45)(H,48,49,50)(H,51,52,53)(H,54,55,56)(H,57,58,59)(H2,37,38,39,40,41). The highest BCUT2D eigenvalue weighted by Crippen LogP contribution is 2.46. The number of phenolic OH excluding ortho intramolecular Hbond substituents is 1. The quantitative estimate of drug-likeness (QED) is 0.0354. The zero-order valence-corrected chi connectivity index (χ0v) is 35.6. The summed E-state index contributed by atoms with van der Waals surface area (Å²) < 4.78 is 177. The van der Waals surface area contributed by atoms with E-state index in [0.29, 0.717) is 18.2 Å². The second kappa shape index (κ2) is 17.1. The normalized spacial score (nSPS) is 13.9. The number of aliphatic hydroxyl groups is 1. The molecular weight excluding hydrogens is 956 g/mol. The monoisotopic (exact) mass is 982 g/mol. The first kappa shape index (κ1) is 46.9. The fourth-order valence-electron chi connectivity index (χ4n) is 5.84. The molecule has 64 heavy (non-hydrogen) atoms. The molecule has 8 N–H and O–H groups in total. The summed E-state index contributed by atoms with van der Waals surface area (Å²) in [7, 11) is -24.6. The number of aromatic nitrogens is 3. The van der Waals surface area contributed by atoms with Crippen LogP contribution in [-0.2, 0) is 50.3 Å². The lowest BCUT2D eigenvalue weighted by Crippen LogP contribution is -2.28. The van der Waals surface area contributed by atoms with Crippen molar-refractivity contribution in [1.29, 1.82) is 0 Å². The molecule has 6 aromatic rings. The van der Waals surface area contributed by atoms with Crippen LogP contribution in [0.5, 0.6) is 5.75 Å². The third-order valence-electron chi connectivity index (χ3n) is 8.54. The molecule has 1 heterocycles. The number of halogens is 1. The van der Waals surface area contributed by atoms with Gasteiger partial charge in [0.25, 0.3) is 46.6 Å². The van der Waals surface area contributed by atoms with Gasteiger partial charge in [0.05, 0.1) is 34.0 Å². The molecule has 0 saturated carbocycles. The number of nitrogens with zero attached hydrogens (tertiary/aromatic N) is 6. The van der Waals surface area contributed by atoms with Crippen molar-refractivity contribution in [3.8, 4) is 5.75 Å². The van der Waals surface area contributed by atoms with Crippen LogP contribution in [0.2, 0.25) is 0 Å². The molecule has 336 valence electrons. The van der Waals surface area contributed by atoms with Crippen LogP contribution in [0.15, 0.2) is 130 Å². The highest BCUT2D eigenvalue weighted by atomic mass is 32.2. The molecule has 0 bridgehead atoms. The summed E-state index contributed by atoms with van der Waals surface area (Å²) in [6.45, 7) is 2.86. The maximum Gasteiger partial charge on any atom is 0.297 e. The average Bonchev–Trinajstić information content (AvgIpc) is 3.18. The molecule has 0 saturated heterocycles. The minimum absolute atomic E-state index is 0.00455. The number of aromatic amines is 2. The molecule has 24 nitrogen and oxygen atoms in total. The van der Waals surface area contributed by atoms with Gasteiger partial charge in [0.15, 0.2) is 15.6 Å². The summed E-state index contributed by atoms with van der Waals surface area (Å²) in [5, 5.41) is 27.8. The van der Waals surface area contributed by atoms with Crippen molar-refractivity contribution in [3.05, 3.63) is 108 Å². The maximum absolute atomic E-state index is 14.9. The molecule has 0 aliphatic heterocycles. The number of H-pyrrole nitrogens is 2. The van der Waals surface area contributed by atoms with E-state index in [9.17, 15) is 74.9 Å². The van der Waals surface area contributed by atoms with Gasteiger partial charge in [-0.1, -0.05) is 30.8 Å². The van der Waals surface area contributed by atoms with Crippen molar-refractivity contribution in [1.82, 2.24) is 15.0 Å². The summed E-state index contributed by atoms with van der Waals surface area (Å²) in [4.78, 5) is 15.9. The number of aromatic hydroxyl groups is 1. The smallest absolute Gasteiger partial charge is 0.297 e. The topological polar surface area (TPSA) is 398 Å². The average molecular weight is 983 g/mol. The lowest BCUT2D eigenvalue weighted by atomic mass is 10.1. The number of nitrogens with one attached hydrogen (secondary N) is 2. The van der Waals surface area contributed by atoms with Crippen LogP contribution >= 0.6 is 0 Å². The molecule has 0 atom stereocenters. The van der Waals surface area contributed by atoms with Crippen molar-refractivity contribution >= 4 is 101 Å². The maximum atomic E-state index is 14.9. The first-order valence-corrected chi connectivity index (χ1v) is 24.5. The van der Waals surface area contributed by atoms with Crippen LogP contribution in [0.4, 0.5) is 27.1 Å². The number of aliphatic imine (C=N–C) groups is 1. The molecule has 30 heteroatoms. The predicted molar refractivity (Wildman–Crippen MR) is 221 cm³/mol. The van der Waals surface area contributed by atoms with E-state index in [-0.39, 0.29) is 17.8 Å². The van der Waals surface area contributed by atoms with Crippen molar-refractivity contribution < 1.29 is 74.9 Å². The Morgan fingerprint density at radius 1 is 0.734 bits per heavy atom. The summed E-state index contributed by atoms with van der Waals surface area (Å²) in [6, 6.07) is 11.9. The molecule has 5 aromatic carbocycles. The molecule has 0 radical (unpaired) electrons. The fourth-order valence-corrected chi connectivity index (χ4v) is 9.08. The Balaban J connectivity index is 1.56. The molecule has 0 amide bonds. The SMILES string of the molecule is C=CS(=O)(=O)CCN=C(O)c1cccc(N=c2nc(F)[nH]c(=Nc3cc(S(=O)(=O)O)cc4cc(S(=O)(=O)O)c(N=Nc5ccc6c(S(=O)(=O)O)cccc6c5S(=O)(=O)O)c(O)c34)[nH]2)c1. The Morgan fingerprint density at radius 2 is 1.42 bits per heavy atom. The lowest BCUT2D eigenvalue weighted by molar-refractivity contribution is 0.471. The van der Waals surface area contributed by atoms with E-state index < -0.39 is 143 Å². The number of azo groups is 1. The number of sulfone groups is 1. The van der Waals surface area contributed by atoms with Gasteiger partial charge in [0, 0.05) is 21.7 Å². The van der Waals surface area contributed by atoms with Gasteiger partial charge >= 0.3 is 0 Å². The number of phenols is 1. The third-order valence-corrected chi connectivity index (χ3v) is 13.4. The van der Waals surface area contributed by atoms with Gasteiger partial charge in [-0.25, -0.2) is 18.4 Å². The summed E-state index contributed by atoms with van der Waals surface area (Å²) in [6.07, 6.45) is -1.38. The van der Waals surface area contributed by atoms with Crippen molar-refractivity contribution in [3.63, 3.8) is 0 Å². The summed E-state index contributed by atoms with van der Waals surface area (Å²) in [5.74, 6) is -2.29. The van der Waals surface area contributed by atoms with Crippen LogP contribution in [0.3, 0.4) is 0 Å². The van der Waals surface area contributed by atoms with Crippen LogP contribution in [0, 0.1) is 6.08 Å². The zero-order valence-electron chi connectivity index (χ0n) is 31.5. The van der Waals surface area contributed by atoms with E-state index in [1.165, 1.54) is 24.3 Å². The van der Waals surface area contributed by atoms with E-state index in [0.717, 1.165) is 35.7 Å². The summed E-state index contributed by atoms with van der Waals surface area (Å²) >= 11 is 0.